The third kappa shape index (κ3) is 3.54. The first-order valence-corrected chi connectivity index (χ1v) is 7.45. The lowest BCUT2D eigenvalue weighted by molar-refractivity contribution is 0.0949. The molecule has 0 radical (unpaired) electrons. The number of hydrogen-bond acceptors (Lipinski definition) is 3. The van der Waals surface area contributed by atoms with Gasteiger partial charge in [0.2, 0.25) is 0 Å². The minimum absolute atomic E-state index is 0.106. The van der Waals surface area contributed by atoms with Gasteiger partial charge >= 0.3 is 12.1 Å². The van der Waals surface area contributed by atoms with Gasteiger partial charge in [-0.05, 0) is 37.5 Å². The normalized spacial score (nSPS) is 13.3. The molecule has 0 aromatic heterocycles. The van der Waals surface area contributed by atoms with Crippen LogP contribution in [0.15, 0.2) is 6.07 Å². The summed E-state index contributed by atoms with van der Waals surface area (Å²) in [6.07, 6.45) is 0. The summed E-state index contributed by atoms with van der Waals surface area (Å²) >= 11 is 0. The largest absolute Gasteiger partial charge is 0.498 e. The van der Waals surface area contributed by atoms with Crippen LogP contribution >= 0.6 is 0 Å². The fourth-order valence-electron chi connectivity index (χ4n) is 2.87. The van der Waals surface area contributed by atoms with Crippen LogP contribution in [-0.2, 0) is 0 Å². The molecule has 1 aliphatic rings. The van der Waals surface area contributed by atoms with Gasteiger partial charge in [0, 0.05) is 36.8 Å². The standard InChI is InChI=1S/C16H20N4O3/c1-10-8-11(2)14(12(3)13(10)9-19-23)15(21)17-4-6-20-7-5-18-16(20)22/h8H,4-7H2,1-3H3,(H,17,21)(H,18,22). The van der Waals surface area contributed by atoms with E-state index < -0.39 is 0 Å². The Morgan fingerprint density at radius 2 is 2.17 bits per heavy atom. The van der Waals surface area contributed by atoms with E-state index >= 15 is 0 Å². The summed E-state index contributed by atoms with van der Waals surface area (Å²) < 4.78 is 0. The Morgan fingerprint density at radius 3 is 2.78 bits per heavy atom. The van der Waals surface area contributed by atoms with Crippen LogP contribution in [0.1, 0.15) is 32.6 Å². The van der Waals surface area contributed by atoms with Gasteiger partial charge < -0.3 is 20.7 Å². The number of aryl methyl sites for hydroxylation is 2. The predicted octanol–water partition coefficient (Wildman–Crippen LogP) is 1.55. The quantitative estimate of drug-likeness (QED) is 0.826. The number of nitrogens with one attached hydrogen (secondary N) is 2. The average Bonchev–Trinajstić information content (AvgIpc) is 2.89. The molecule has 1 aromatic rings. The molecule has 0 atom stereocenters. The fourth-order valence-corrected chi connectivity index (χ4v) is 2.87. The summed E-state index contributed by atoms with van der Waals surface area (Å²) in [4.78, 5) is 25.5. The first kappa shape index (κ1) is 16.6. The van der Waals surface area contributed by atoms with E-state index in [0.717, 1.165) is 11.1 Å². The minimum Gasteiger partial charge on any atom is -0.498 e. The molecule has 1 fully saturated rings. The van der Waals surface area contributed by atoms with Crippen molar-refractivity contribution in [3.8, 4) is 6.07 Å². The first-order chi connectivity index (χ1) is 11.0. The smallest absolute Gasteiger partial charge is 0.337 e. The third-order valence-electron chi connectivity index (χ3n) is 3.97. The highest BCUT2D eigenvalue weighted by molar-refractivity contribution is 5.98. The highest BCUT2D eigenvalue weighted by Gasteiger charge is 2.21. The summed E-state index contributed by atoms with van der Waals surface area (Å²) in [7, 11) is 0. The molecule has 23 heavy (non-hydrogen) atoms. The van der Waals surface area contributed by atoms with Gasteiger partial charge in [0.1, 0.15) is 5.56 Å². The molecule has 1 heterocycles. The zero-order valence-electron chi connectivity index (χ0n) is 13.5. The summed E-state index contributed by atoms with van der Waals surface area (Å²) in [6, 6.07) is 4.13. The van der Waals surface area contributed by atoms with Crippen LogP contribution in [0, 0.1) is 32.0 Å². The Balaban J connectivity index is 2.10. The van der Waals surface area contributed by atoms with Gasteiger partial charge in [0.25, 0.3) is 5.91 Å². The highest BCUT2D eigenvalue weighted by atomic mass is 16.4. The van der Waals surface area contributed by atoms with Crippen molar-refractivity contribution in [1.82, 2.24) is 15.5 Å². The zero-order chi connectivity index (χ0) is 17.0. The number of urea groups is 1. The van der Waals surface area contributed by atoms with E-state index in [9.17, 15) is 14.8 Å². The molecule has 0 unspecified atom stereocenters. The third-order valence-corrected chi connectivity index (χ3v) is 3.97. The number of amides is 3. The number of nitrogens with zero attached hydrogens (tertiary/aromatic N) is 2. The van der Waals surface area contributed by atoms with Gasteiger partial charge in [-0.2, -0.15) is 0 Å². The van der Waals surface area contributed by atoms with Crippen LogP contribution in [0.25, 0.3) is 5.01 Å². The van der Waals surface area contributed by atoms with Crippen molar-refractivity contribution < 1.29 is 9.59 Å². The van der Waals surface area contributed by atoms with Gasteiger partial charge in [-0.1, -0.05) is 6.07 Å². The number of carbonyl (C=O) groups excluding carboxylic acids is 2. The summed E-state index contributed by atoms with van der Waals surface area (Å²) in [6.45, 7) is 7.59. The molecule has 1 saturated heterocycles. The second-order valence-corrected chi connectivity index (χ2v) is 5.56. The van der Waals surface area contributed by atoms with Crippen LogP contribution in [0.4, 0.5) is 4.79 Å². The molecule has 7 heteroatoms. The van der Waals surface area contributed by atoms with Crippen molar-refractivity contribution in [2.24, 2.45) is 0 Å². The Labute approximate surface area is 135 Å². The fraction of sp³-hybridized carbons (Fsp3) is 0.438. The van der Waals surface area contributed by atoms with Crippen LogP contribution in [-0.4, -0.2) is 43.0 Å². The highest BCUT2D eigenvalue weighted by Crippen LogP contribution is 2.21. The Kier molecular flexibility index (Phi) is 5.06. The lowest BCUT2D eigenvalue weighted by atomic mass is 9.93. The molecule has 122 valence electrons. The maximum absolute atomic E-state index is 12.4. The van der Waals surface area contributed by atoms with E-state index in [1.54, 1.807) is 11.8 Å². The lowest BCUT2D eigenvalue weighted by Crippen LogP contribution is -2.37. The second-order valence-electron chi connectivity index (χ2n) is 5.56. The molecule has 1 aliphatic heterocycles. The van der Waals surface area contributed by atoms with Crippen molar-refractivity contribution in [1.29, 1.82) is 0 Å². The average molecular weight is 316 g/mol. The van der Waals surface area contributed by atoms with Crippen molar-refractivity contribution in [3.05, 3.63) is 44.1 Å². The Bertz CT molecular complexity index is 704. The predicted molar refractivity (Wildman–Crippen MR) is 87.7 cm³/mol. The van der Waals surface area contributed by atoms with Crippen LogP contribution in [0.2, 0.25) is 0 Å². The van der Waals surface area contributed by atoms with E-state index in [-0.39, 0.29) is 11.9 Å². The molecule has 0 spiro atoms. The Hall–Kier alpha value is -2.75. The van der Waals surface area contributed by atoms with Crippen LogP contribution in [0.5, 0.6) is 0 Å². The van der Waals surface area contributed by atoms with Crippen molar-refractivity contribution in [2.45, 2.75) is 20.8 Å². The number of rotatable bonds is 4. The number of benzene rings is 1. The molecular formula is C16H20N4O3. The molecule has 0 saturated carbocycles. The summed E-state index contributed by atoms with van der Waals surface area (Å²) in [5.41, 5.74) is 3.43. The van der Waals surface area contributed by atoms with Gasteiger partial charge in [-0.15, -0.1) is 0 Å². The first-order valence-electron chi connectivity index (χ1n) is 7.45. The molecule has 1 aromatic carbocycles. The van der Waals surface area contributed by atoms with Crippen LogP contribution < -0.4 is 10.6 Å². The molecule has 2 N–H and O–H groups in total. The van der Waals surface area contributed by atoms with E-state index in [2.05, 4.69) is 21.7 Å². The number of carbonyl (C=O) groups is 2. The van der Waals surface area contributed by atoms with Crippen molar-refractivity contribution in [2.75, 3.05) is 26.2 Å². The van der Waals surface area contributed by atoms with Gasteiger partial charge in [-0.3, -0.25) is 4.79 Å². The zero-order valence-corrected chi connectivity index (χ0v) is 13.5. The maximum Gasteiger partial charge on any atom is 0.337 e. The summed E-state index contributed by atoms with van der Waals surface area (Å²) in [5, 5.41) is 18.7. The molecule has 3 amide bonds. The number of hydrogen-bond donors (Lipinski definition) is 2. The molecule has 2 rings (SSSR count). The maximum atomic E-state index is 12.4. The topological polar surface area (TPSA) is 88.9 Å². The molecule has 0 bridgehead atoms. The van der Waals surface area contributed by atoms with E-state index in [0.29, 0.717) is 42.9 Å². The molecule has 7 nitrogen and oxygen atoms in total. The van der Waals surface area contributed by atoms with Gasteiger partial charge in [-0.25, -0.2) is 4.79 Å². The van der Waals surface area contributed by atoms with Crippen LogP contribution in [0.3, 0.4) is 0 Å². The van der Waals surface area contributed by atoms with E-state index in [1.807, 2.05) is 19.9 Å². The summed E-state index contributed by atoms with van der Waals surface area (Å²) in [5.74, 6) is -0.228. The SMILES string of the molecule is Cc1cc(C)c(C(=O)NCCN2CCNC2=O)c(C)c1C#[N+][O-]. The molecular weight excluding hydrogens is 296 g/mol. The van der Waals surface area contributed by atoms with Crippen molar-refractivity contribution >= 4 is 11.9 Å². The van der Waals surface area contributed by atoms with Gasteiger partial charge in [0.15, 0.2) is 0 Å². The van der Waals surface area contributed by atoms with E-state index in [4.69, 9.17) is 0 Å². The Morgan fingerprint density at radius 1 is 1.43 bits per heavy atom. The second kappa shape index (κ2) is 7.01. The molecule has 0 aliphatic carbocycles. The lowest BCUT2D eigenvalue weighted by Gasteiger charge is -2.16. The van der Waals surface area contributed by atoms with E-state index in [1.165, 1.54) is 0 Å². The minimum atomic E-state index is -0.228. The monoisotopic (exact) mass is 316 g/mol. The van der Waals surface area contributed by atoms with Crippen molar-refractivity contribution in [3.63, 3.8) is 0 Å². The van der Waals surface area contributed by atoms with Gasteiger partial charge in [0.05, 0.1) is 0 Å².